The number of imide groups is 1. The lowest BCUT2D eigenvalue weighted by Crippen LogP contribution is -2.32. The summed E-state index contributed by atoms with van der Waals surface area (Å²) in [5.74, 6) is -1.28. The topological polar surface area (TPSA) is 103 Å². The normalized spacial score (nSPS) is 13.4. The van der Waals surface area contributed by atoms with E-state index in [2.05, 4.69) is 10.1 Å². The van der Waals surface area contributed by atoms with Crippen molar-refractivity contribution in [3.63, 3.8) is 0 Å². The van der Waals surface area contributed by atoms with Crippen molar-refractivity contribution in [2.24, 2.45) is 0 Å². The largest absolute Gasteiger partial charge is 0.339 e. The summed E-state index contributed by atoms with van der Waals surface area (Å²) < 4.78 is 4.86. The molecule has 2 aromatic rings. The molecule has 1 aliphatic rings. The zero-order chi connectivity index (χ0) is 15.7. The average molecular weight is 301 g/mol. The summed E-state index contributed by atoms with van der Waals surface area (Å²) in [4.78, 5) is 44.6. The van der Waals surface area contributed by atoms with Crippen LogP contribution in [0.1, 0.15) is 38.9 Å². The zero-order valence-electron chi connectivity index (χ0n) is 11.6. The van der Waals surface area contributed by atoms with Gasteiger partial charge in [-0.05, 0) is 19.1 Å². The van der Waals surface area contributed by atoms with Gasteiger partial charge in [-0.2, -0.15) is 4.98 Å². The van der Waals surface area contributed by atoms with E-state index in [9.17, 15) is 14.4 Å². The van der Waals surface area contributed by atoms with Crippen LogP contribution in [0.25, 0.3) is 0 Å². The first kappa shape index (κ1) is 13.9. The number of amides is 2. The van der Waals surface area contributed by atoms with Gasteiger partial charge in [0.25, 0.3) is 11.8 Å². The van der Waals surface area contributed by atoms with Gasteiger partial charge in [0.2, 0.25) is 5.89 Å². The summed E-state index contributed by atoms with van der Waals surface area (Å²) in [7, 11) is 0. The van der Waals surface area contributed by atoms with E-state index in [-0.39, 0.29) is 29.9 Å². The maximum Gasteiger partial charge on any atom is 0.333 e. The number of hydrogen-bond acceptors (Lipinski definition) is 7. The third-order valence-electron chi connectivity index (χ3n) is 3.06. The van der Waals surface area contributed by atoms with Crippen LogP contribution in [0.2, 0.25) is 0 Å². The van der Waals surface area contributed by atoms with E-state index in [0.29, 0.717) is 10.9 Å². The van der Waals surface area contributed by atoms with E-state index < -0.39 is 17.8 Å². The molecule has 2 heterocycles. The monoisotopic (exact) mass is 301 g/mol. The number of carbonyl (C=O) groups is 3. The standard InChI is InChI=1S/C14H11N3O5/c1-8-15-11(21-16-8)6-7-12(18)22-17-13(19)9-4-2-3-5-10(9)14(17)20/h2-5H,6-7H2,1H3. The summed E-state index contributed by atoms with van der Waals surface area (Å²) in [6.07, 6.45) is 0.0812. The van der Waals surface area contributed by atoms with Gasteiger partial charge in [0.05, 0.1) is 17.5 Å². The molecule has 8 nitrogen and oxygen atoms in total. The average Bonchev–Trinajstić information content (AvgIpc) is 3.03. The number of hydroxylamine groups is 2. The van der Waals surface area contributed by atoms with Crippen LogP contribution in [-0.4, -0.2) is 33.0 Å². The Kier molecular flexibility index (Phi) is 3.42. The Balaban J connectivity index is 1.63. The molecule has 3 rings (SSSR count). The van der Waals surface area contributed by atoms with Crippen LogP contribution in [-0.2, 0) is 16.1 Å². The number of benzene rings is 1. The molecule has 112 valence electrons. The smallest absolute Gasteiger partial charge is 0.333 e. The molecular weight excluding hydrogens is 290 g/mol. The van der Waals surface area contributed by atoms with Gasteiger partial charge in [-0.25, -0.2) is 4.79 Å². The first-order valence-electron chi connectivity index (χ1n) is 6.54. The Bertz CT molecular complexity index is 732. The van der Waals surface area contributed by atoms with Crippen LogP contribution in [0.4, 0.5) is 0 Å². The minimum absolute atomic E-state index is 0.0883. The molecule has 1 aromatic carbocycles. The predicted molar refractivity (Wildman–Crippen MR) is 70.4 cm³/mol. The van der Waals surface area contributed by atoms with Crippen LogP contribution in [0.3, 0.4) is 0 Å². The Morgan fingerprint density at radius 1 is 1.23 bits per heavy atom. The first-order valence-corrected chi connectivity index (χ1v) is 6.54. The number of aryl methyl sites for hydroxylation is 2. The van der Waals surface area contributed by atoms with Crippen molar-refractivity contribution in [1.29, 1.82) is 0 Å². The molecule has 0 fully saturated rings. The number of hydrogen-bond donors (Lipinski definition) is 0. The molecule has 8 heteroatoms. The first-order chi connectivity index (χ1) is 10.6. The van der Waals surface area contributed by atoms with E-state index in [1.54, 1.807) is 19.1 Å². The molecule has 0 atom stereocenters. The Morgan fingerprint density at radius 2 is 1.86 bits per heavy atom. The van der Waals surface area contributed by atoms with Gasteiger partial charge >= 0.3 is 5.97 Å². The molecule has 2 amide bonds. The summed E-state index contributed by atoms with van der Waals surface area (Å²) in [5, 5.41) is 4.07. The minimum Gasteiger partial charge on any atom is -0.339 e. The molecule has 0 radical (unpaired) electrons. The molecule has 0 unspecified atom stereocenters. The molecule has 0 saturated carbocycles. The van der Waals surface area contributed by atoms with Crippen molar-refractivity contribution >= 4 is 17.8 Å². The minimum atomic E-state index is -0.731. The highest BCUT2D eigenvalue weighted by Gasteiger charge is 2.38. The third-order valence-corrected chi connectivity index (χ3v) is 3.06. The summed E-state index contributed by atoms with van der Waals surface area (Å²) in [6.45, 7) is 1.66. The number of carbonyl (C=O) groups excluding carboxylic acids is 3. The summed E-state index contributed by atoms with van der Waals surface area (Å²) >= 11 is 0. The van der Waals surface area contributed by atoms with Gasteiger partial charge in [-0.3, -0.25) is 9.59 Å². The van der Waals surface area contributed by atoms with Crippen molar-refractivity contribution in [3.05, 3.63) is 47.1 Å². The van der Waals surface area contributed by atoms with Gasteiger partial charge in [-0.1, -0.05) is 22.4 Å². The number of fused-ring (bicyclic) bond motifs is 1. The van der Waals surface area contributed by atoms with E-state index in [4.69, 9.17) is 9.36 Å². The third kappa shape index (κ3) is 2.46. The van der Waals surface area contributed by atoms with Crippen molar-refractivity contribution in [1.82, 2.24) is 15.2 Å². The molecule has 0 spiro atoms. The Morgan fingerprint density at radius 3 is 2.41 bits per heavy atom. The van der Waals surface area contributed by atoms with Crippen molar-refractivity contribution in [2.75, 3.05) is 0 Å². The van der Waals surface area contributed by atoms with Gasteiger partial charge < -0.3 is 9.36 Å². The number of rotatable bonds is 4. The fourth-order valence-electron chi connectivity index (χ4n) is 2.05. The molecular formula is C14H11N3O5. The molecule has 0 N–H and O–H groups in total. The molecule has 1 aromatic heterocycles. The van der Waals surface area contributed by atoms with Crippen molar-refractivity contribution in [2.45, 2.75) is 19.8 Å². The molecule has 1 aliphatic heterocycles. The SMILES string of the molecule is Cc1noc(CCC(=O)ON2C(=O)c3ccccc3C2=O)n1. The molecule has 22 heavy (non-hydrogen) atoms. The van der Waals surface area contributed by atoms with Crippen LogP contribution in [0.5, 0.6) is 0 Å². The fourth-order valence-corrected chi connectivity index (χ4v) is 2.05. The maximum absolute atomic E-state index is 12.0. The van der Waals surface area contributed by atoms with E-state index >= 15 is 0 Å². The van der Waals surface area contributed by atoms with Crippen LogP contribution in [0.15, 0.2) is 28.8 Å². The van der Waals surface area contributed by atoms with Gasteiger partial charge in [0.15, 0.2) is 5.82 Å². The molecule has 0 saturated heterocycles. The second-order valence-electron chi connectivity index (χ2n) is 4.65. The van der Waals surface area contributed by atoms with E-state index in [1.807, 2.05) is 0 Å². The van der Waals surface area contributed by atoms with Crippen molar-refractivity contribution < 1.29 is 23.7 Å². The Labute approximate surface area is 124 Å². The van der Waals surface area contributed by atoms with E-state index in [1.165, 1.54) is 12.1 Å². The van der Waals surface area contributed by atoms with E-state index in [0.717, 1.165) is 0 Å². The van der Waals surface area contributed by atoms with Crippen LogP contribution >= 0.6 is 0 Å². The summed E-state index contributed by atoms with van der Waals surface area (Å²) in [6, 6.07) is 6.27. The number of aromatic nitrogens is 2. The quantitative estimate of drug-likeness (QED) is 0.778. The maximum atomic E-state index is 12.0. The van der Waals surface area contributed by atoms with Gasteiger partial charge in [0, 0.05) is 6.42 Å². The Hall–Kier alpha value is -3.03. The number of nitrogens with zero attached hydrogens (tertiary/aromatic N) is 3. The highest BCUT2D eigenvalue weighted by atomic mass is 16.7. The highest BCUT2D eigenvalue weighted by molar-refractivity contribution is 6.20. The lowest BCUT2D eigenvalue weighted by molar-refractivity contribution is -0.168. The predicted octanol–water partition coefficient (Wildman–Crippen LogP) is 1.07. The molecule has 0 aliphatic carbocycles. The van der Waals surface area contributed by atoms with Gasteiger partial charge in [-0.15, -0.1) is 0 Å². The zero-order valence-corrected chi connectivity index (χ0v) is 11.6. The second-order valence-corrected chi connectivity index (χ2v) is 4.65. The highest BCUT2D eigenvalue weighted by Crippen LogP contribution is 2.22. The van der Waals surface area contributed by atoms with Crippen LogP contribution in [0, 0.1) is 6.92 Å². The van der Waals surface area contributed by atoms with Crippen molar-refractivity contribution in [3.8, 4) is 0 Å². The van der Waals surface area contributed by atoms with Crippen LogP contribution < -0.4 is 0 Å². The summed E-state index contributed by atoms with van der Waals surface area (Å²) in [5.41, 5.74) is 0.431. The molecule has 0 bridgehead atoms. The second kappa shape index (κ2) is 5.40. The van der Waals surface area contributed by atoms with Gasteiger partial charge in [0.1, 0.15) is 0 Å². The lowest BCUT2D eigenvalue weighted by Gasteiger charge is -2.12. The lowest BCUT2D eigenvalue weighted by atomic mass is 10.1. The fraction of sp³-hybridized carbons (Fsp3) is 0.214.